The molecule has 1 unspecified atom stereocenters. The van der Waals surface area contributed by atoms with Gasteiger partial charge in [0.15, 0.2) is 0 Å². The summed E-state index contributed by atoms with van der Waals surface area (Å²) < 4.78 is 17.6. The number of likely N-dealkylation sites (tertiary alicyclic amines) is 1. The van der Waals surface area contributed by atoms with Gasteiger partial charge in [-0.3, -0.25) is 0 Å². The number of ether oxygens (including phenoxy) is 3. The Bertz CT molecular complexity index is 443. The lowest BCUT2D eigenvalue weighted by Gasteiger charge is -2.29. The third kappa shape index (κ3) is 23.4. The Morgan fingerprint density at radius 1 is 0.622 bits per heavy atom. The van der Waals surface area contributed by atoms with Gasteiger partial charge >= 0.3 is 0 Å². The summed E-state index contributed by atoms with van der Waals surface area (Å²) in [5.74, 6) is 0. The topological polar surface area (TPSA) is 51.2 Å². The molecule has 0 radical (unpaired) electrons. The van der Waals surface area contributed by atoms with E-state index < -0.39 is 0 Å². The molecule has 222 valence electrons. The Hall–Kier alpha value is -0.200. The molecular formula is C32H65NO4. The van der Waals surface area contributed by atoms with Crippen LogP contribution < -0.4 is 0 Å². The maximum absolute atomic E-state index is 9.59. The van der Waals surface area contributed by atoms with Crippen LogP contribution in [-0.4, -0.2) is 74.9 Å². The Labute approximate surface area is 231 Å². The molecule has 0 aliphatic carbocycles. The zero-order valence-corrected chi connectivity index (χ0v) is 25.1. The van der Waals surface area contributed by atoms with Crippen LogP contribution in [0.5, 0.6) is 0 Å². The van der Waals surface area contributed by atoms with Crippen LogP contribution in [0, 0.1) is 0 Å². The van der Waals surface area contributed by atoms with Crippen LogP contribution in [0.2, 0.25) is 0 Å². The van der Waals surface area contributed by atoms with Crippen molar-refractivity contribution in [3.05, 3.63) is 0 Å². The summed E-state index contributed by atoms with van der Waals surface area (Å²) in [6.07, 6.45) is 26.2. The zero-order valence-electron chi connectivity index (χ0n) is 25.1. The molecule has 0 bridgehead atoms. The first-order valence-electron chi connectivity index (χ1n) is 16.4. The number of aliphatic hydroxyl groups excluding tert-OH is 1. The van der Waals surface area contributed by atoms with Gasteiger partial charge in [0.2, 0.25) is 0 Å². The van der Waals surface area contributed by atoms with Gasteiger partial charge in [-0.15, -0.1) is 0 Å². The molecule has 1 heterocycles. The predicted octanol–water partition coefficient (Wildman–Crippen LogP) is 7.92. The minimum Gasteiger partial charge on any atom is -0.393 e. The van der Waals surface area contributed by atoms with E-state index in [1.807, 2.05) is 6.92 Å². The minimum absolute atomic E-state index is 0.0612. The average Bonchev–Trinajstić information content (AvgIpc) is 2.90. The molecule has 1 rings (SSSR count). The van der Waals surface area contributed by atoms with E-state index in [0.29, 0.717) is 19.8 Å². The number of nitrogens with zero attached hydrogens (tertiary/aromatic N) is 1. The first kappa shape index (κ1) is 34.8. The van der Waals surface area contributed by atoms with Crippen LogP contribution in [0.25, 0.3) is 0 Å². The molecule has 37 heavy (non-hydrogen) atoms. The van der Waals surface area contributed by atoms with E-state index in [1.54, 1.807) is 0 Å². The summed E-state index contributed by atoms with van der Waals surface area (Å²) >= 11 is 0. The highest BCUT2D eigenvalue weighted by molar-refractivity contribution is 4.70. The lowest BCUT2D eigenvalue weighted by atomic mass is 10.0. The molecule has 0 spiro atoms. The van der Waals surface area contributed by atoms with Crippen molar-refractivity contribution in [1.82, 2.24) is 4.90 Å². The van der Waals surface area contributed by atoms with E-state index in [2.05, 4.69) is 11.8 Å². The Morgan fingerprint density at radius 3 is 1.51 bits per heavy atom. The number of hydrogen-bond donors (Lipinski definition) is 1. The van der Waals surface area contributed by atoms with Gasteiger partial charge in [-0.2, -0.15) is 0 Å². The third-order valence-corrected chi connectivity index (χ3v) is 7.72. The van der Waals surface area contributed by atoms with Crippen molar-refractivity contribution in [2.24, 2.45) is 0 Å². The van der Waals surface area contributed by atoms with E-state index >= 15 is 0 Å². The molecule has 1 N–H and O–H groups in total. The first-order valence-corrected chi connectivity index (χ1v) is 16.4. The lowest BCUT2D eigenvalue weighted by Crippen LogP contribution is -2.36. The van der Waals surface area contributed by atoms with Gasteiger partial charge < -0.3 is 24.2 Å². The predicted molar refractivity (Wildman–Crippen MR) is 158 cm³/mol. The van der Waals surface area contributed by atoms with E-state index in [1.165, 1.54) is 109 Å². The van der Waals surface area contributed by atoms with Crippen molar-refractivity contribution in [2.75, 3.05) is 52.7 Å². The smallest absolute Gasteiger partial charge is 0.104 e. The van der Waals surface area contributed by atoms with Gasteiger partial charge in [0.25, 0.3) is 0 Å². The summed E-state index contributed by atoms with van der Waals surface area (Å²) in [6, 6.07) is 0. The van der Waals surface area contributed by atoms with Crippen molar-refractivity contribution in [3.8, 4) is 0 Å². The van der Waals surface area contributed by atoms with Crippen molar-refractivity contribution in [3.63, 3.8) is 0 Å². The second-order valence-corrected chi connectivity index (χ2v) is 11.3. The summed E-state index contributed by atoms with van der Waals surface area (Å²) in [7, 11) is 0. The SMILES string of the molecule is CCCCCCCCCCCCCCCCOCC(COCCCCCCN1CCC(O)CC1)OCC. The van der Waals surface area contributed by atoms with Gasteiger partial charge in [0.05, 0.1) is 19.3 Å². The van der Waals surface area contributed by atoms with Gasteiger partial charge in [-0.1, -0.05) is 103 Å². The quantitative estimate of drug-likeness (QED) is 0.105. The molecule has 5 heteroatoms. The fourth-order valence-corrected chi connectivity index (χ4v) is 5.24. The van der Waals surface area contributed by atoms with Crippen LogP contribution in [0.4, 0.5) is 0 Å². The number of hydrogen-bond acceptors (Lipinski definition) is 5. The van der Waals surface area contributed by atoms with Crippen LogP contribution in [-0.2, 0) is 14.2 Å². The Balaban J connectivity index is 1.82. The van der Waals surface area contributed by atoms with Gasteiger partial charge in [0.1, 0.15) is 6.10 Å². The van der Waals surface area contributed by atoms with Crippen LogP contribution in [0.1, 0.15) is 142 Å². The molecule has 1 aliphatic rings. The summed E-state index contributed by atoms with van der Waals surface area (Å²) in [5.41, 5.74) is 0. The number of piperidine rings is 1. The highest BCUT2D eigenvalue weighted by Gasteiger charge is 2.16. The van der Waals surface area contributed by atoms with Crippen molar-refractivity contribution in [1.29, 1.82) is 0 Å². The number of aliphatic hydroxyl groups is 1. The van der Waals surface area contributed by atoms with E-state index in [-0.39, 0.29) is 12.2 Å². The summed E-state index contributed by atoms with van der Waals surface area (Å²) in [5, 5.41) is 9.59. The molecular weight excluding hydrogens is 462 g/mol. The fraction of sp³-hybridized carbons (Fsp3) is 1.00. The highest BCUT2D eigenvalue weighted by Crippen LogP contribution is 2.14. The van der Waals surface area contributed by atoms with Crippen LogP contribution >= 0.6 is 0 Å². The molecule has 0 saturated carbocycles. The number of rotatable bonds is 28. The van der Waals surface area contributed by atoms with Gasteiger partial charge in [-0.25, -0.2) is 0 Å². The highest BCUT2D eigenvalue weighted by atomic mass is 16.6. The molecule has 0 aromatic rings. The maximum Gasteiger partial charge on any atom is 0.104 e. The summed E-state index contributed by atoms with van der Waals surface area (Å²) in [6.45, 7) is 11.3. The Kier molecular flexibility index (Phi) is 25.8. The third-order valence-electron chi connectivity index (χ3n) is 7.72. The Morgan fingerprint density at radius 2 is 1.05 bits per heavy atom. The molecule has 0 aromatic carbocycles. The van der Waals surface area contributed by atoms with Crippen molar-refractivity contribution in [2.45, 2.75) is 154 Å². The summed E-state index contributed by atoms with van der Waals surface area (Å²) in [4.78, 5) is 2.49. The average molecular weight is 528 g/mol. The zero-order chi connectivity index (χ0) is 26.7. The molecule has 0 amide bonds. The molecule has 1 atom stereocenters. The second kappa shape index (κ2) is 27.4. The largest absolute Gasteiger partial charge is 0.393 e. The van der Waals surface area contributed by atoms with Gasteiger partial charge in [0, 0.05) is 32.9 Å². The molecule has 1 aliphatic heterocycles. The van der Waals surface area contributed by atoms with Crippen molar-refractivity contribution >= 4 is 0 Å². The van der Waals surface area contributed by atoms with E-state index in [9.17, 15) is 5.11 Å². The standard InChI is InChI=1S/C32H65NO4/c1-3-5-6-7-8-9-10-11-12-13-14-15-17-20-27-35-29-32(37-4-2)30-36-28-21-18-16-19-24-33-25-22-31(34)23-26-33/h31-32,34H,3-30H2,1-2H3. The fourth-order valence-electron chi connectivity index (χ4n) is 5.24. The van der Waals surface area contributed by atoms with E-state index in [0.717, 1.165) is 52.0 Å². The number of unbranched alkanes of at least 4 members (excludes halogenated alkanes) is 16. The molecule has 5 nitrogen and oxygen atoms in total. The monoisotopic (exact) mass is 527 g/mol. The van der Waals surface area contributed by atoms with Crippen LogP contribution in [0.15, 0.2) is 0 Å². The second-order valence-electron chi connectivity index (χ2n) is 11.3. The van der Waals surface area contributed by atoms with Crippen LogP contribution in [0.3, 0.4) is 0 Å². The van der Waals surface area contributed by atoms with E-state index in [4.69, 9.17) is 14.2 Å². The first-order chi connectivity index (χ1) is 18.3. The lowest BCUT2D eigenvalue weighted by molar-refractivity contribution is -0.0571. The molecule has 0 aromatic heterocycles. The maximum atomic E-state index is 9.59. The van der Waals surface area contributed by atoms with Crippen molar-refractivity contribution < 1.29 is 19.3 Å². The minimum atomic E-state index is -0.0663. The molecule has 1 fully saturated rings. The van der Waals surface area contributed by atoms with Gasteiger partial charge in [-0.05, 0) is 45.6 Å². The molecule has 1 saturated heterocycles. The normalized spacial score (nSPS) is 16.0.